The Hall–Kier alpha value is -1.68. The molecule has 0 aliphatic heterocycles. The van der Waals surface area contributed by atoms with Crippen LogP contribution in [0, 0.1) is 0 Å². The summed E-state index contributed by atoms with van der Waals surface area (Å²) in [5.74, 6) is 0.778. The van der Waals surface area contributed by atoms with E-state index in [0.717, 1.165) is 18.0 Å². The minimum absolute atomic E-state index is 0.0839. The zero-order chi connectivity index (χ0) is 13.9. The molecule has 0 amide bonds. The topological polar surface area (TPSA) is 47.3 Å². The van der Waals surface area contributed by atoms with Gasteiger partial charge >= 0.3 is 0 Å². The highest BCUT2D eigenvalue weighted by Crippen LogP contribution is 2.30. The molecule has 2 rings (SSSR count). The molecule has 2 aromatic rings. The summed E-state index contributed by atoms with van der Waals surface area (Å²) in [6.45, 7) is 5.29. The van der Waals surface area contributed by atoms with Crippen LogP contribution in [0.3, 0.4) is 0 Å². The van der Waals surface area contributed by atoms with E-state index in [4.69, 9.17) is 10.5 Å². The van der Waals surface area contributed by atoms with Gasteiger partial charge in [0.05, 0.1) is 18.5 Å². The predicted molar refractivity (Wildman–Crippen MR) is 83.2 cm³/mol. The predicted octanol–water partition coefficient (Wildman–Crippen LogP) is 3.73. The maximum absolute atomic E-state index is 6.01. The molecule has 0 aliphatic rings. The molecule has 0 aliphatic carbocycles. The maximum Gasteiger partial charge on any atom is 0.121 e. The van der Waals surface area contributed by atoms with Crippen molar-refractivity contribution in [1.82, 2.24) is 0 Å². The lowest BCUT2D eigenvalue weighted by Crippen LogP contribution is -2.26. The fourth-order valence-corrected chi connectivity index (χ4v) is 2.75. The van der Waals surface area contributed by atoms with Crippen LogP contribution in [0.25, 0.3) is 0 Å². The first-order valence-corrected chi connectivity index (χ1v) is 7.12. The van der Waals surface area contributed by atoms with E-state index in [9.17, 15) is 0 Å². The van der Waals surface area contributed by atoms with Gasteiger partial charge in [0.15, 0.2) is 0 Å². The first kappa shape index (κ1) is 13.7. The van der Waals surface area contributed by atoms with Crippen molar-refractivity contribution in [1.29, 1.82) is 0 Å². The Morgan fingerprint density at radius 1 is 1.32 bits per heavy atom. The molecule has 3 N–H and O–H groups in total. The average molecular weight is 276 g/mol. The van der Waals surface area contributed by atoms with E-state index < -0.39 is 0 Å². The third-order valence-electron chi connectivity index (χ3n) is 3.17. The lowest BCUT2D eigenvalue weighted by atomic mass is 9.91. The Morgan fingerprint density at radius 3 is 2.68 bits per heavy atom. The van der Waals surface area contributed by atoms with Gasteiger partial charge in [0.25, 0.3) is 0 Å². The number of methoxy groups -OCH3 is 1. The van der Waals surface area contributed by atoms with Gasteiger partial charge in [0, 0.05) is 22.9 Å². The van der Waals surface area contributed by atoms with Crippen molar-refractivity contribution in [3.63, 3.8) is 0 Å². The van der Waals surface area contributed by atoms with Crippen LogP contribution in [0.15, 0.2) is 35.7 Å². The second kappa shape index (κ2) is 5.53. The number of hydrogen-bond donors (Lipinski definition) is 2. The minimum atomic E-state index is 0.0839. The molecule has 4 heteroatoms. The first-order valence-electron chi connectivity index (χ1n) is 6.24. The number of nitrogen functional groups attached to an aromatic ring is 1. The SMILES string of the molecule is COc1ccc(NCC(C)(C)c2cccs2)c(N)c1. The third kappa shape index (κ3) is 3.20. The smallest absolute Gasteiger partial charge is 0.121 e. The first-order chi connectivity index (χ1) is 9.03. The summed E-state index contributed by atoms with van der Waals surface area (Å²) in [4.78, 5) is 1.37. The van der Waals surface area contributed by atoms with E-state index in [1.54, 1.807) is 18.4 Å². The fourth-order valence-electron chi connectivity index (χ4n) is 1.90. The molecular weight excluding hydrogens is 256 g/mol. The standard InChI is InChI=1S/C15H20N2OS/c1-15(2,14-5-4-8-19-14)10-17-13-7-6-11(18-3)9-12(13)16/h4-9,17H,10,16H2,1-3H3. The second-order valence-electron chi connectivity index (χ2n) is 5.17. The van der Waals surface area contributed by atoms with Crippen LogP contribution in [0.5, 0.6) is 5.75 Å². The van der Waals surface area contributed by atoms with E-state index in [1.165, 1.54) is 4.88 Å². The van der Waals surface area contributed by atoms with E-state index in [0.29, 0.717) is 5.69 Å². The molecule has 102 valence electrons. The molecule has 1 aromatic carbocycles. The zero-order valence-electron chi connectivity index (χ0n) is 11.6. The molecule has 3 nitrogen and oxygen atoms in total. The quantitative estimate of drug-likeness (QED) is 0.818. The number of nitrogens with two attached hydrogens (primary N) is 1. The van der Waals surface area contributed by atoms with Crippen molar-refractivity contribution < 1.29 is 4.74 Å². The van der Waals surface area contributed by atoms with Crippen LogP contribution >= 0.6 is 11.3 Å². The van der Waals surface area contributed by atoms with Crippen molar-refractivity contribution in [3.8, 4) is 5.75 Å². The Bertz CT molecular complexity index is 535. The monoisotopic (exact) mass is 276 g/mol. The lowest BCUT2D eigenvalue weighted by Gasteiger charge is -2.24. The van der Waals surface area contributed by atoms with Gasteiger partial charge in [-0.25, -0.2) is 0 Å². The Kier molecular flexibility index (Phi) is 4.00. The molecule has 0 atom stereocenters. The van der Waals surface area contributed by atoms with Gasteiger partial charge in [-0.3, -0.25) is 0 Å². The van der Waals surface area contributed by atoms with Crippen LogP contribution in [0.2, 0.25) is 0 Å². The second-order valence-corrected chi connectivity index (χ2v) is 6.12. The number of nitrogens with one attached hydrogen (secondary N) is 1. The minimum Gasteiger partial charge on any atom is -0.497 e. The molecule has 0 fully saturated rings. The summed E-state index contributed by atoms with van der Waals surface area (Å²) in [6.07, 6.45) is 0. The van der Waals surface area contributed by atoms with Crippen LogP contribution in [0.4, 0.5) is 11.4 Å². The number of hydrogen-bond acceptors (Lipinski definition) is 4. The summed E-state index contributed by atoms with van der Waals surface area (Å²) in [5.41, 5.74) is 7.75. The molecule has 0 saturated carbocycles. The van der Waals surface area contributed by atoms with Crippen LogP contribution in [-0.4, -0.2) is 13.7 Å². The van der Waals surface area contributed by atoms with Crippen LogP contribution in [0.1, 0.15) is 18.7 Å². The van der Waals surface area contributed by atoms with Gasteiger partial charge in [0.2, 0.25) is 0 Å². The van der Waals surface area contributed by atoms with Gasteiger partial charge in [-0.1, -0.05) is 19.9 Å². The number of benzene rings is 1. The van der Waals surface area contributed by atoms with Crippen LogP contribution < -0.4 is 15.8 Å². The summed E-state index contributed by atoms with van der Waals surface area (Å²) >= 11 is 1.78. The van der Waals surface area contributed by atoms with Crippen molar-refractivity contribution in [2.75, 3.05) is 24.7 Å². The van der Waals surface area contributed by atoms with Crippen molar-refractivity contribution >= 4 is 22.7 Å². The summed E-state index contributed by atoms with van der Waals surface area (Å²) in [7, 11) is 1.64. The largest absolute Gasteiger partial charge is 0.497 e. The number of ether oxygens (including phenoxy) is 1. The summed E-state index contributed by atoms with van der Waals surface area (Å²) in [5, 5.41) is 5.53. The Labute approximate surface area is 118 Å². The Balaban J connectivity index is 2.06. The molecule has 1 heterocycles. The van der Waals surface area contributed by atoms with E-state index in [1.807, 2.05) is 18.2 Å². The molecule has 0 bridgehead atoms. The molecule has 1 aromatic heterocycles. The molecular formula is C15H20N2OS. The van der Waals surface area contributed by atoms with E-state index >= 15 is 0 Å². The number of thiophene rings is 1. The normalized spacial score (nSPS) is 11.3. The Morgan fingerprint density at radius 2 is 2.11 bits per heavy atom. The number of rotatable bonds is 5. The lowest BCUT2D eigenvalue weighted by molar-refractivity contribution is 0.415. The molecule has 0 unspecified atom stereocenters. The highest BCUT2D eigenvalue weighted by Gasteiger charge is 2.21. The van der Waals surface area contributed by atoms with E-state index in [2.05, 4.69) is 36.7 Å². The van der Waals surface area contributed by atoms with Gasteiger partial charge in [0.1, 0.15) is 5.75 Å². The van der Waals surface area contributed by atoms with Gasteiger partial charge in [-0.15, -0.1) is 11.3 Å². The van der Waals surface area contributed by atoms with E-state index in [-0.39, 0.29) is 5.41 Å². The summed E-state index contributed by atoms with van der Waals surface area (Å²) in [6, 6.07) is 9.96. The molecule has 0 saturated heterocycles. The molecule has 0 spiro atoms. The van der Waals surface area contributed by atoms with Gasteiger partial charge < -0.3 is 15.8 Å². The van der Waals surface area contributed by atoms with Crippen molar-refractivity contribution in [2.24, 2.45) is 0 Å². The van der Waals surface area contributed by atoms with Crippen molar-refractivity contribution in [2.45, 2.75) is 19.3 Å². The summed E-state index contributed by atoms with van der Waals surface area (Å²) < 4.78 is 5.15. The van der Waals surface area contributed by atoms with Crippen molar-refractivity contribution in [3.05, 3.63) is 40.6 Å². The van der Waals surface area contributed by atoms with Gasteiger partial charge in [-0.05, 0) is 23.6 Å². The maximum atomic E-state index is 6.01. The molecule has 0 radical (unpaired) electrons. The van der Waals surface area contributed by atoms with Crippen LogP contribution in [-0.2, 0) is 5.41 Å². The third-order valence-corrected chi connectivity index (χ3v) is 4.40. The zero-order valence-corrected chi connectivity index (χ0v) is 12.4. The van der Waals surface area contributed by atoms with Gasteiger partial charge in [-0.2, -0.15) is 0 Å². The highest BCUT2D eigenvalue weighted by atomic mass is 32.1. The average Bonchev–Trinajstić information content (AvgIpc) is 2.92. The fraction of sp³-hybridized carbons (Fsp3) is 0.333. The number of anilines is 2. The highest BCUT2D eigenvalue weighted by molar-refractivity contribution is 7.10. The molecule has 19 heavy (non-hydrogen) atoms.